The van der Waals surface area contributed by atoms with E-state index < -0.39 is 29.8 Å². The highest BCUT2D eigenvalue weighted by atomic mass is 19.4. The number of hydrogen-bond acceptors (Lipinski definition) is 4. The number of alkyl halides is 3. The van der Waals surface area contributed by atoms with Gasteiger partial charge in [0.2, 0.25) is 0 Å². The van der Waals surface area contributed by atoms with Gasteiger partial charge in [-0.1, -0.05) is 19.1 Å². The molecule has 1 atom stereocenters. The third-order valence-electron chi connectivity index (χ3n) is 3.99. The number of aromatic nitrogens is 4. The second-order valence-corrected chi connectivity index (χ2v) is 5.72. The third-order valence-corrected chi connectivity index (χ3v) is 3.99. The lowest BCUT2D eigenvalue weighted by Crippen LogP contribution is -2.16. The van der Waals surface area contributed by atoms with Gasteiger partial charge in [-0.15, -0.1) is 0 Å². The number of halogens is 3. The average Bonchev–Trinajstić information content (AvgIpc) is 2.92. The van der Waals surface area contributed by atoms with Crippen LogP contribution < -0.4 is 5.56 Å². The fraction of sp³-hybridized carbons (Fsp3) is 0.312. The summed E-state index contributed by atoms with van der Waals surface area (Å²) >= 11 is 0. The van der Waals surface area contributed by atoms with Gasteiger partial charge in [0.25, 0.3) is 5.56 Å². The van der Waals surface area contributed by atoms with Crippen molar-refractivity contribution in [3.05, 3.63) is 63.1 Å². The zero-order chi connectivity index (χ0) is 18.4. The maximum Gasteiger partial charge on any atom is 0.416 e. The Bertz CT molecular complexity index is 974. The summed E-state index contributed by atoms with van der Waals surface area (Å²) in [5, 5.41) is 13.7. The molecular weight excluding hydrogens is 337 g/mol. The van der Waals surface area contributed by atoms with Gasteiger partial charge in [-0.2, -0.15) is 18.3 Å². The molecular formula is C16H15F3N4O2. The van der Waals surface area contributed by atoms with E-state index >= 15 is 0 Å². The van der Waals surface area contributed by atoms with Crippen molar-refractivity contribution in [3.8, 4) is 0 Å². The van der Waals surface area contributed by atoms with Gasteiger partial charge in [0.05, 0.1) is 17.9 Å². The highest BCUT2D eigenvalue weighted by Gasteiger charge is 2.30. The minimum Gasteiger partial charge on any atom is -0.390 e. The van der Waals surface area contributed by atoms with Crippen LogP contribution in [-0.4, -0.2) is 24.7 Å². The molecule has 0 amide bonds. The average molecular weight is 352 g/mol. The molecule has 2 aromatic heterocycles. The van der Waals surface area contributed by atoms with Crippen LogP contribution in [0.5, 0.6) is 0 Å². The molecule has 25 heavy (non-hydrogen) atoms. The zero-order valence-corrected chi connectivity index (χ0v) is 13.4. The summed E-state index contributed by atoms with van der Waals surface area (Å²) in [5.41, 5.74) is -0.290. The Morgan fingerprint density at radius 2 is 1.92 bits per heavy atom. The Morgan fingerprint density at radius 3 is 2.48 bits per heavy atom. The molecule has 1 aromatic carbocycles. The summed E-state index contributed by atoms with van der Waals surface area (Å²) in [6.07, 6.45) is -4.40. The van der Waals surface area contributed by atoms with Crippen LogP contribution in [0.4, 0.5) is 13.2 Å². The molecule has 0 saturated heterocycles. The second kappa shape index (κ2) is 5.99. The van der Waals surface area contributed by atoms with Crippen LogP contribution in [0.25, 0.3) is 5.52 Å². The van der Waals surface area contributed by atoms with E-state index in [-0.39, 0.29) is 11.2 Å². The monoisotopic (exact) mass is 352 g/mol. The topological polar surface area (TPSA) is 83.3 Å². The second-order valence-electron chi connectivity index (χ2n) is 5.72. The molecule has 0 spiro atoms. The number of H-pyrrole nitrogens is 1. The van der Waals surface area contributed by atoms with E-state index in [9.17, 15) is 23.1 Å². The molecule has 0 fully saturated rings. The number of imidazole rings is 1. The number of nitrogens with one attached hydrogen (secondary N) is 1. The van der Waals surface area contributed by atoms with Gasteiger partial charge >= 0.3 is 6.18 Å². The van der Waals surface area contributed by atoms with E-state index in [4.69, 9.17) is 0 Å². The van der Waals surface area contributed by atoms with E-state index in [1.807, 2.05) is 0 Å². The maximum atomic E-state index is 12.7. The number of aliphatic hydroxyl groups excluding tert-OH is 1. The lowest BCUT2D eigenvalue weighted by atomic mass is 9.99. The van der Waals surface area contributed by atoms with Crippen molar-refractivity contribution in [2.24, 2.45) is 0 Å². The van der Waals surface area contributed by atoms with Crippen LogP contribution >= 0.6 is 0 Å². The van der Waals surface area contributed by atoms with Crippen molar-refractivity contribution >= 4 is 5.52 Å². The van der Waals surface area contributed by atoms with Gasteiger partial charge in [0.15, 0.2) is 5.52 Å². The van der Waals surface area contributed by atoms with E-state index in [0.29, 0.717) is 17.2 Å². The molecule has 0 radical (unpaired) electrons. The number of benzene rings is 1. The third kappa shape index (κ3) is 3.02. The fourth-order valence-electron chi connectivity index (χ4n) is 2.70. The van der Waals surface area contributed by atoms with Crippen molar-refractivity contribution in [2.75, 3.05) is 0 Å². The highest BCUT2D eigenvalue weighted by molar-refractivity contribution is 5.51. The summed E-state index contributed by atoms with van der Waals surface area (Å²) in [6, 6.07) is 4.74. The van der Waals surface area contributed by atoms with Crippen molar-refractivity contribution in [1.29, 1.82) is 0 Å². The minimum absolute atomic E-state index is 0.127. The van der Waals surface area contributed by atoms with Crippen molar-refractivity contribution in [1.82, 2.24) is 19.6 Å². The smallest absolute Gasteiger partial charge is 0.390 e. The SMILES string of the molecule is Cc1nn2c([C@H](C)c3ccc(C(F)(F)F)cc3)nc(CO)c2c(=O)[nH]1. The first kappa shape index (κ1) is 17.2. The van der Waals surface area contributed by atoms with Crippen LogP contribution in [0.15, 0.2) is 29.1 Å². The molecule has 0 saturated carbocycles. The van der Waals surface area contributed by atoms with Gasteiger partial charge in [0.1, 0.15) is 11.6 Å². The molecule has 0 aliphatic rings. The number of aliphatic hydroxyl groups is 1. The van der Waals surface area contributed by atoms with E-state index in [1.54, 1.807) is 13.8 Å². The first-order chi connectivity index (χ1) is 11.7. The standard InChI is InChI=1S/C16H15F3N4O2/c1-8(10-3-5-11(6-4-10)16(17,18)19)14-21-12(7-24)13-15(25)20-9(2)22-23(13)14/h3-6,8,24H,7H2,1-2H3,(H,20,22,25)/t8-/m1/s1. The molecule has 0 aliphatic carbocycles. The Kier molecular flexibility index (Phi) is 4.11. The lowest BCUT2D eigenvalue weighted by molar-refractivity contribution is -0.137. The summed E-state index contributed by atoms with van der Waals surface area (Å²) < 4.78 is 39.4. The Morgan fingerprint density at radius 1 is 1.28 bits per heavy atom. The van der Waals surface area contributed by atoms with Crippen LogP contribution in [0.3, 0.4) is 0 Å². The predicted octanol–water partition coefficient (Wildman–Crippen LogP) is 2.39. The number of fused-ring (bicyclic) bond motifs is 1. The Labute approximate surface area is 140 Å². The van der Waals surface area contributed by atoms with E-state index in [0.717, 1.165) is 12.1 Å². The molecule has 2 heterocycles. The van der Waals surface area contributed by atoms with E-state index in [1.165, 1.54) is 16.6 Å². The minimum atomic E-state index is -4.40. The van der Waals surface area contributed by atoms with Crippen LogP contribution in [0.1, 0.15) is 41.3 Å². The number of aromatic amines is 1. The highest BCUT2D eigenvalue weighted by Crippen LogP contribution is 2.31. The largest absolute Gasteiger partial charge is 0.416 e. The fourth-order valence-corrected chi connectivity index (χ4v) is 2.70. The number of aryl methyl sites for hydroxylation is 1. The van der Waals surface area contributed by atoms with Gasteiger partial charge in [0, 0.05) is 5.92 Å². The van der Waals surface area contributed by atoms with Crippen LogP contribution in [0, 0.1) is 6.92 Å². The molecule has 0 bridgehead atoms. The number of nitrogens with zero attached hydrogens (tertiary/aromatic N) is 3. The molecule has 0 unspecified atom stereocenters. The van der Waals surface area contributed by atoms with Gasteiger partial charge in [-0.05, 0) is 24.6 Å². The Balaban J connectivity index is 2.11. The molecule has 9 heteroatoms. The normalized spacial score (nSPS) is 13.4. The summed E-state index contributed by atoms with van der Waals surface area (Å²) in [5.74, 6) is 0.303. The molecule has 0 aliphatic heterocycles. The van der Waals surface area contributed by atoms with Gasteiger partial charge in [-0.25, -0.2) is 9.50 Å². The maximum absolute atomic E-state index is 12.7. The molecule has 6 nitrogen and oxygen atoms in total. The van der Waals surface area contributed by atoms with Crippen molar-refractivity contribution in [2.45, 2.75) is 32.5 Å². The van der Waals surface area contributed by atoms with Crippen molar-refractivity contribution in [3.63, 3.8) is 0 Å². The quantitative estimate of drug-likeness (QED) is 0.758. The number of rotatable bonds is 3. The summed E-state index contributed by atoms with van der Waals surface area (Å²) in [6.45, 7) is 2.90. The first-order valence-corrected chi connectivity index (χ1v) is 7.48. The van der Waals surface area contributed by atoms with E-state index in [2.05, 4.69) is 15.1 Å². The molecule has 3 rings (SSSR count). The summed E-state index contributed by atoms with van der Waals surface area (Å²) in [4.78, 5) is 18.9. The number of hydrogen-bond donors (Lipinski definition) is 2. The molecule has 2 N–H and O–H groups in total. The first-order valence-electron chi connectivity index (χ1n) is 7.48. The van der Waals surface area contributed by atoms with Crippen LogP contribution in [0.2, 0.25) is 0 Å². The van der Waals surface area contributed by atoms with Crippen molar-refractivity contribution < 1.29 is 18.3 Å². The van der Waals surface area contributed by atoms with Gasteiger partial charge in [-0.3, -0.25) is 4.79 Å². The van der Waals surface area contributed by atoms with Crippen LogP contribution in [-0.2, 0) is 12.8 Å². The Hall–Kier alpha value is -2.68. The zero-order valence-electron chi connectivity index (χ0n) is 13.4. The molecule has 132 valence electrons. The van der Waals surface area contributed by atoms with Gasteiger partial charge < -0.3 is 10.1 Å². The molecule has 3 aromatic rings. The lowest BCUT2D eigenvalue weighted by Gasteiger charge is -2.12. The predicted molar refractivity (Wildman–Crippen MR) is 83.2 cm³/mol. The summed E-state index contributed by atoms with van der Waals surface area (Å²) in [7, 11) is 0.